The zero-order valence-electron chi connectivity index (χ0n) is 27.9. The Morgan fingerprint density at radius 1 is 0.681 bits per heavy atom. The van der Waals surface area contributed by atoms with Crippen LogP contribution in [0.5, 0.6) is 0 Å². The van der Waals surface area contributed by atoms with Gasteiger partial charge in [-0.05, 0) is 86.0 Å². The lowest BCUT2D eigenvalue weighted by Gasteiger charge is -2.65. The molecule has 2 aliphatic heterocycles. The summed E-state index contributed by atoms with van der Waals surface area (Å²) in [5, 5.41) is 0. The van der Waals surface area contributed by atoms with E-state index in [1.807, 2.05) is 60.7 Å². The first-order valence-corrected chi connectivity index (χ1v) is 17.7. The average Bonchev–Trinajstić information content (AvgIpc) is 3.81. The lowest BCUT2D eigenvalue weighted by atomic mass is 9.42. The third-order valence-electron chi connectivity index (χ3n) is 13.4. The van der Waals surface area contributed by atoms with Gasteiger partial charge in [0, 0.05) is 30.6 Å². The first-order valence-electron chi connectivity index (χ1n) is 17.7. The lowest BCUT2D eigenvalue weighted by Crippen LogP contribution is -2.65. The second kappa shape index (κ2) is 11.7. The van der Waals surface area contributed by atoms with E-state index >= 15 is 0 Å². The zero-order valence-corrected chi connectivity index (χ0v) is 27.9. The number of benzene rings is 2. The van der Waals surface area contributed by atoms with Gasteiger partial charge in [-0.15, -0.1) is 0 Å². The molecule has 8 heteroatoms. The van der Waals surface area contributed by atoms with E-state index in [0.29, 0.717) is 44.0 Å². The smallest absolute Gasteiger partial charge is 0.338 e. The molecule has 6 fully saturated rings. The molecule has 8 nitrogen and oxygen atoms in total. The van der Waals surface area contributed by atoms with Crippen molar-refractivity contribution in [3.05, 3.63) is 71.8 Å². The SMILES string of the molecule is CC1(C2CCC3C4C([C@H](OC(=O)c5ccccc5)C[C@@]32C)[C@@]2(C)CCC3(C[C@H]2C[C@H]4OC(=O)c2ccccc2)OCCO3)OCCO1. The van der Waals surface area contributed by atoms with Gasteiger partial charge in [-0.25, -0.2) is 9.59 Å². The summed E-state index contributed by atoms with van der Waals surface area (Å²) in [7, 11) is 0. The normalized spacial score (nSPS) is 39.9. The molecule has 4 saturated carbocycles. The topological polar surface area (TPSA) is 89.5 Å². The molecule has 4 aliphatic carbocycles. The summed E-state index contributed by atoms with van der Waals surface area (Å²) in [6.45, 7) is 9.20. The maximum atomic E-state index is 13.9. The van der Waals surface area contributed by atoms with Crippen LogP contribution in [-0.4, -0.2) is 62.1 Å². The Labute approximate surface area is 277 Å². The van der Waals surface area contributed by atoms with Crippen LogP contribution >= 0.6 is 0 Å². The van der Waals surface area contributed by atoms with E-state index in [2.05, 4.69) is 20.8 Å². The molecule has 47 heavy (non-hydrogen) atoms. The number of hydrogen-bond acceptors (Lipinski definition) is 8. The van der Waals surface area contributed by atoms with Gasteiger partial charge in [0.05, 0.1) is 37.6 Å². The fraction of sp³-hybridized carbons (Fsp3) is 0.641. The molecule has 6 aliphatic rings. The first-order chi connectivity index (χ1) is 22.6. The predicted molar refractivity (Wildman–Crippen MR) is 172 cm³/mol. The Balaban J connectivity index is 1.22. The molecule has 252 valence electrons. The van der Waals surface area contributed by atoms with Gasteiger partial charge in [0.1, 0.15) is 12.2 Å². The minimum Gasteiger partial charge on any atom is -0.458 e. The van der Waals surface area contributed by atoms with Crippen molar-refractivity contribution in [2.75, 3.05) is 26.4 Å². The molecule has 0 N–H and O–H groups in total. The summed E-state index contributed by atoms with van der Waals surface area (Å²) in [5.74, 6) is -1.35. The van der Waals surface area contributed by atoms with Crippen molar-refractivity contribution in [3.63, 3.8) is 0 Å². The van der Waals surface area contributed by atoms with Gasteiger partial charge in [-0.2, -0.15) is 0 Å². The molecule has 2 aromatic rings. The van der Waals surface area contributed by atoms with E-state index in [9.17, 15) is 9.59 Å². The molecule has 0 radical (unpaired) electrons. The predicted octanol–water partition coefficient (Wildman–Crippen LogP) is 6.82. The fourth-order valence-corrected chi connectivity index (χ4v) is 11.4. The molecule has 0 aromatic heterocycles. The van der Waals surface area contributed by atoms with E-state index in [-0.39, 0.29) is 64.6 Å². The Hall–Kier alpha value is -2.78. The van der Waals surface area contributed by atoms with Gasteiger partial charge in [-0.3, -0.25) is 0 Å². The van der Waals surface area contributed by atoms with Crippen molar-refractivity contribution in [1.29, 1.82) is 0 Å². The van der Waals surface area contributed by atoms with Gasteiger partial charge in [0.15, 0.2) is 11.6 Å². The zero-order chi connectivity index (χ0) is 32.4. The number of ether oxygens (including phenoxy) is 6. The van der Waals surface area contributed by atoms with E-state index in [0.717, 1.165) is 38.5 Å². The third-order valence-corrected chi connectivity index (χ3v) is 13.4. The second-order valence-electron chi connectivity index (χ2n) is 15.6. The average molecular weight is 645 g/mol. The molecule has 2 saturated heterocycles. The van der Waals surface area contributed by atoms with Crippen LogP contribution in [0.1, 0.15) is 86.4 Å². The van der Waals surface area contributed by atoms with Crippen LogP contribution in [0.2, 0.25) is 0 Å². The highest BCUT2D eigenvalue weighted by atomic mass is 16.7. The lowest BCUT2D eigenvalue weighted by molar-refractivity contribution is -0.267. The number of hydrogen-bond donors (Lipinski definition) is 0. The maximum Gasteiger partial charge on any atom is 0.338 e. The number of rotatable bonds is 5. The third kappa shape index (κ3) is 5.17. The molecule has 9 atom stereocenters. The van der Waals surface area contributed by atoms with Crippen molar-refractivity contribution in [2.45, 2.75) is 89.5 Å². The Bertz CT molecular complexity index is 1470. The van der Waals surface area contributed by atoms with E-state index in [1.54, 1.807) is 0 Å². The van der Waals surface area contributed by atoms with Gasteiger partial charge in [0.25, 0.3) is 0 Å². The molecule has 0 amide bonds. The van der Waals surface area contributed by atoms with Gasteiger partial charge in [0.2, 0.25) is 0 Å². The minimum absolute atomic E-state index is 0.00344. The molecule has 1 spiro atoms. The van der Waals surface area contributed by atoms with Crippen molar-refractivity contribution in [3.8, 4) is 0 Å². The molecule has 2 heterocycles. The molecule has 0 bridgehead atoms. The molecule has 4 unspecified atom stereocenters. The molecular weight excluding hydrogens is 596 g/mol. The van der Waals surface area contributed by atoms with Crippen molar-refractivity contribution >= 4 is 11.9 Å². The van der Waals surface area contributed by atoms with E-state index in [4.69, 9.17) is 28.4 Å². The summed E-state index contributed by atoms with van der Waals surface area (Å²) < 4.78 is 38.5. The minimum atomic E-state index is -0.698. The summed E-state index contributed by atoms with van der Waals surface area (Å²) in [6.07, 6.45) is 5.11. The van der Waals surface area contributed by atoms with E-state index in [1.165, 1.54) is 0 Å². The summed E-state index contributed by atoms with van der Waals surface area (Å²) in [6, 6.07) is 18.6. The Morgan fingerprint density at radius 2 is 1.26 bits per heavy atom. The number of fused-ring (bicyclic) bond motifs is 5. The highest BCUT2D eigenvalue weighted by Crippen LogP contribution is 2.70. The summed E-state index contributed by atoms with van der Waals surface area (Å²) in [5.41, 5.74) is 0.686. The van der Waals surface area contributed by atoms with Crippen LogP contribution in [0.25, 0.3) is 0 Å². The van der Waals surface area contributed by atoms with Crippen LogP contribution in [0.15, 0.2) is 60.7 Å². The van der Waals surface area contributed by atoms with Gasteiger partial charge < -0.3 is 28.4 Å². The van der Waals surface area contributed by atoms with Crippen LogP contribution in [0.3, 0.4) is 0 Å². The first kappa shape index (κ1) is 31.5. The molecular formula is C39H48O8. The van der Waals surface area contributed by atoms with Crippen molar-refractivity contribution in [2.24, 2.45) is 40.4 Å². The molecule has 2 aromatic carbocycles. The van der Waals surface area contributed by atoms with Gasteiger partial charge in [-0.1, -0.05) is 50.2 Å². The summed E-state index contributed by atoms with van der Waals surface area (Å²) >= 11 is 0. The Kier molecular flexibility index (Phi) is 7.82. The number of carbonyl (C=O) groups excluding carboxylic acids is 2. The van der Waals surface area contributed by atoms with Crippen LogP contribution in [-0.2, 0) is 28.4 Å². The van der Waals surface area contributed by atoms with Gasteiger partial charge >= 0.3 is 11.9 Å². The second-order valence-corrected chi connectivity index (χ2v) is 15.6. The monoisotopic (exact) mass is 644 g/mol. The van der Waals surface area contributed by atoms with Crippen molar-refractivity contribution in [1.82, 2.24) is 0 Å². The largest absolute Gasteiger partial charge is 0.458 e. The number of carbonyl (C=O) groups is 2. The van der Waals surface area contributed by atoms with Crippen LogP contribution in [0, 0.1) is 40.4 Å². The van der Waals surface area contributed by atoms with Crippen molar-refractivity contribution < 1.29 is 38.0 Å². The molecule has 8 rings (SSSR count). The van der Waals surface area contributed by atoms with E-state index < -0.39 is 11.6 Å². The fourth-order valence-electron chi connectivity index (χ4n) is 11.4. The van der Waals surface area contributed by atoms with Crippen LogP contribution < -0.4 is 0 Å². The maximum absolute atomic E-state index is 13.9. The highest BCUT2D eigenvalue weighted by molar-refractivity contribution is 5.90. The highest BCUT2D eigenvalue weighted by Gasteiger charge is 2.70. The Morgan fingerprint density at radius 3 is 1.87 bits per heavy atom. The quantitative estimate of drug-likeness (QED) is 0.328. The number of esters is 2. The summed E-state index contributed by atoms with van der Waals surface area (Å²) in [4.78, 5) is 27.7. The standard InChI is InChI=1S/C39H48O8/c1-36-16-17-39(44-20-21-45-39)23-27(36)22-29(46-34(40)25-10-6-4-7-11-25)32-28-14-15-31(38(3)42-18-19-43-38)37(28,2)24-30(33(32)36)47-35(41)26-12-8-5-9-13-26/h4-13,27-33H,14-24H2,1-3H3/t27-,28?,29-,30-,31?,32?,33?,36+,37+/m1/s1. The van der Waals surface area contributed by atoms with Crippen LogP contribution in [0.4, 0.5) is 0 Å².